The first-order valence-electron chi connectivity index (χ1n) is 4.48. The monoisotopic (exact) mass is 182 g/mol. The summed E-state index contributed by atoms with van der Waals surface area (Å²) in [5, 5.41) is 0. The normalized spacial score (nSPS) is 10.5. The molecule has 1 aromatic carbocycles. The van der Waals surface area contributed by atoms with Crippen LogP contribution in [0.1, 0.15) is 19.4 Å². The van der Waals surface area contributed by atoms with Crippen LogP contribution >= 0.6 is 0 Å². The lowest BCUT2D eigenvalue weighted by Gasteiger charge is -2.10. The number of ether oxygens (including phenoxy) is 1. The molecular weight excluding hydrogens is 167 g/mol. The van der Waals surface area contributed by atoms with Gasteiger partial charge in [0, 0.05) is 6.07 Å². The van der Waals surface area contributed by atoms with Gasteiger partial charge in [0.1, 0.15) is 11.6 Å². The van der Waals surface area contributed by atoms with E-state index in [1.807, 2.05) is 6.92 Å². The van der Waals surface area contributed by atoms with Crippen LogP contribution in [0.3, 0.4) is 0 Å². The number of benzene rings is 1. The number of hydrogen-bond acceptors (Lipinski definition) is 1. The van der Waals surface area contributed by atoms with Gasteiger partial charge in [-0.3, -0.25) is 0 Å². The molecule has 2 heteroatoms. The first-order chi connectivity index (χ1) is 6.09. The summed E-state index contributed by atoms with van der Waals surface area (Å²) < 4.78 is 18.2. The van der Waals surface area contributed by atoms with E-state index in [4.69, 9.17) is 4.74 Å². The van der Waals surface area contributed by atoms with Crippen LogP contribution in [0.4, 0.5) is 4.39 Å². The van der Waals surface area contributed by atoms with Gasteiger partial charge in [0.2, 0.25) is 0 Å². The summed E-state index contributed by atoms with van der Waals surface area (Å²) >= 11 is 0. The van der Waals surface area contributed by atoms with Crippen molar-refractivity contribution < 1.29 is 9.13 Å². The van der Waals surface area contributed by atoms with Crippen LogP contribution in [0.2, 0.25) is 0 Å². The second-order valence-electron chi connectivity index (χ2n) is 3.61. The van der Waals surface area contributed by atoms with Crippen LogP contribution in [0.5, 0.6) is 5.75 Å². The second-order valence-corrected chi connectivity index (χ2v) is 3.61. The quantitative estimate of drug-likeness (QED) is 0.697. The minimum Gasteiger partial charge on any atom is -0.493 e. The summed E-state index contributed by atoms with van der Waals surface area (Å²) in [6.07, 6.45) is 0. The molecule has 0 radical (unpaired) electrons. The second kappa shape index (κ2) is 4.26. The van der Waals surface area contributed by atoms with Crippen LogP contribution in [0.25, 0.3) is 0 Å². The Bertz CT molecular complexity index is 281. The number of hydrogen-bond donors (Lipinski definition) is 0. The van der Waals surface area contributed by atoms with Crippen LogP contribution in [-0.2, 0) is 0 Å². The molecule has 1 aromatic rings. The van der Waals surface area contributed by atoms with Gasteiger partial charge < -0.3 is 4.74 Å². The van der Waals surface area contributed by atoms with Gasteiger partial charge in [-0.05, 0) is 24.5 Å². The maximum Gasteiger partial charge on any atom is 0.126 e. The molecule has 0 aromatic heterocycles. The first-order valence-corrected chi connectivity index (χ1v) is 4.48. The lowest BCUT2D eigenvalue weighted by Crippen LogP contribution is -2.05. The van der Waals surface area contributed by atoms with Gasteiger partial charge in [0.25, 0.3) is 0 Å². The highest BCUT2D eigenvalue weighted by atomic mass is 19.1. The van der Waals surface area contributed by atoms with Crippen molar-refractivity contribution in [2.45, 2.75) is 20.8 Å². The van der Waals surface area contributed by atoms with E-state index in [1.54, 1.807) is 6.07 Å². The van der Waals surface area contributed by atoms with Crippen molar-refractivity contribution in [3.8, 4) is 5.75 Å². The summed E-state index contributed by atoms with van der Waals surface area (Å²) in [4.78, 5) is 0. The Labute approximate surface area is 78.5 Å². The highest BCUT2D eigenvalue weighted by molar-refractivity contribution is 5.32. The third kappa shape index (κ3) is 3.05. The third-order valence-electron chi connectivity index (χ3n) is 1.72. The fourth-order valence-electron chi connectivity index (χ4n) is 0.986. The maximum absolute atomic E-state index is 12.8. The van der Waals surface area contributed by atoms with Crippen LogP contribution in [-0.4, -0.2) is 6.61 Å². The molecule has 0 unspecified atom stereocenters. The Morgan fingerprint density at radius 1 is 1.38 bits per heavy atom. The minimum atomic E-state index is -0.246. The topological polar surface area (TPSA) is 9.23 Å². The molecular formula is C11H15FO. The van der Waals surface area contributed by atoms with Gasteiger partial charge in [0.05, 0.1) is 6.61 Å². The lowest BCUT2D eigenvalue weighted by atomic mass is 10.2. The largest absolute Gasteiger partial charge is 0.493 e. The van der Waals surface area contributed by atoms with Crippen molar-refractivity contribution in [1.82, 2.24) is 0 Å². The highest BCUT2D eigenvalue weighted by Gasteiger charge is 2.02. The van der Waals surface area contributed by atoms with E-state index in [2.05, 4.69) is 13.8 Å². The molecule has 0 N–H and O–H groups in total. The molecule has 0 atom stereocenters. The summed E-state index contributed by atoms with van der Waals surface area (Å²) in [6, 6.07) is 4.60. The van der Waals surface area contributed by atoms with Crippen LogP contribution in [0, 0.1) is 18.7 Å². The van der Waals surface area contributed by atoms with Crippen molar-refractivity contribution >= 4 is 0 Å². The summed E-state index contributed by atoms with van der Waals surface area (Å²) in [5.41, 5.74) is 0.974. The molecule has 72 valence electrons. The molecule has 1 nitrogen and oxygen atoms in total. The Morgan fingerprint density at radius 2 is 2.08 bits per heavy atom. The zero-order valence-corrected chi connectivity index (χ0v) is 8.30. The number of rotatable bonds is 3. The summed E-state index contributed by atoms with van der Waals surface area (Å²) in [5.74, 6) is 0.862. The van der Waals surface area contributed by atoms with Crippen molar-refractivity contribution in [2.75, 3.05) is 6.61 Å². The van der Waals surface area contributed by atoms with Crippen molar-refractivity contribution in [3.63, 3.8) is 0 Å². The Balaban J connectivity index is 2.70. The van der Waals surface area contributed by atoms with Crippen LogP contribution < -0.4 is 4.74 Å². The molecule has 0 saturated carbocycles. The lowest BCUT2D eigenvalue weighted by molar-refractivity contribution is 0.268. The average Bonchev–Trinajstić information content (AvgIpc) is 2.06. The maximum atomic E-state index is 12.8. The van der Waals surface area contributed by atoms with E-state index < -0.39 is 0 Å². The van der Waals surface area contributed by atoms with E-state index in [-0.39, 0.29) is 5.82 Å². The smallest absolute Gasteiger partial charge is 0.126 e. The first kappa shape index (κ1) is 10.0. The van der Waals surface area contributed by atoms with E-state index in [9.17, 15) is 4.39 Å². The van der Waals surface area contributed by atoms with Gasteiger partial charge in [-0.25, -0.2) is 4.39 Å². The van der Waals surface area contributed by atoms with Gasteiger partial charge in [-0.15, -0.1) is 0 Å². The fraction of sp³-hybridized carbons (Fsp3) is 0.455. The standard InChI is InChI=1S/C11H15FO/c1-8(2)7-13-11-6-10(12)5-4-9(11)3/h4-6,8H,7H2,1-3H3. The van der Waals surface area contributed by atoms with Gasteiger partial charge in [-0.1, -0.05) is 19.9 Å². The summed E-state index contributed by atoms with van der Waals surface area (Å²) in [6.45, 7) is 6.67. The molecule has 0 spiro atoms. The van der Waals surface area contributed by atoms with Crippen molar-refractivity contribution in [3.05, 3.63) is 29.6 Å². The van der Waals surface area contributed by atoms with Gasteiger partial charge >= 0.3 is 0 Å². The van der Waals surface area contributed by atoms with Gasteiger partial charge in [-0.2, -0.15) is 0 Å². The number of halogens is 1. The summed E-state index contributed by atoms with van der Waals surface area (Å²) in [7, 11) is 0. The minimum absolute atomic E-state index is 0.246. The Kier molecular flexibility index (Phi) is 3.29. The molecule has 0 fully saturated rings. The van der Waals surface area contributed by atoms with Crippen molar-refractivity contribution in [2.24, 2.45) is 5.92 Å². The molecule has 0 aliphatic rings. The zero-order valence-electron chi connectivity index (χ0n) is 8.30. The van der Waals surface area contributed by atoms with E-state index in [0.717, 1.165) is 5.56 Å². The van der Waals surface area contributed by atoms with E-state index in [1.165, 1.54) is 12.1 Å². The molecule has 13 heavy (non-hydrogen) atoms. The third-order valence-corrected chi connectivity index (χ3v) is 1.72. The van der Waals surface area contributed by atoms with Gasteiger partial charge in [0.15, 0.2) is 0 Å². The van der Waals surface area contributed by atoms with Crippen LogP contribution in [0.15, 0.2) is 18.2 Å². The predicted molar refractivity (Wildman–Crippen MR) is 51.5 cm³/mol. The van der Waals surface area contributed by atoms with Crippen molar-refractivity contribution in [1.29, 1.82) is 0 Å². The molecule has 0 heterocycles. The molecule has 0 saturated heterocycles. The molecule has 0 bridgehead atoms. The molecule has 0 amide bonds. The Morgan fingerprint density at radius 3 is 2.69 bits per heavy atom. The SMILES string of the molecule is Cc1ccc(F)cc1OCC(C)C. The molecule has 1 rings (SSSR count). The number of aryl methyl sites for hydroxylation is 1. The molecule has 0 aliphatic heterocycles. The van der Waals surface area contributed by atoms with E-state index in [0.29, 0.717) is 18.3 Å². The Hall–Kier alpha value is -1.05. The molecule has 0 aliphatic carbocycles. The van der Waals surface area contributed by atoms with E-state index >= 15 is 0 Å². The highest BCUT2D eigenvalue weighted by Crippen LogP contribution is 2.19. The predicted octanol–water partition coefficient (Wildman–Crippen LogP) is 3.17. The average molecular weight is 182 g/mol. The fourth-order valence-corrected chi connectivity index (χ4v) is 0.986. The zero-order chi connectivity index (χ0) is 9.84.